The summed E-state index contributed by atoms with van der Waals surface area (Å²) in [6.07, 6.45) is 6.31. The number of hydrogen-bond acceptors (Lipinski definition) is 0. The van der Waals surface area contributed by atoms with Crippen molar-refractivity contribution in [3.05, 3.63) is 0 Å². The number of fused-ring (bicyclic) bond motifs is 5. The molecule has 1 heterocycles. The van der Waals surface area contributed by atoms with E-state index in [2.05, 4.69) is 20.8 Å². The first kappa shape index (κ1) is 9.92. The normalized spacial score (nSPS) is 55.2. The van der Waals surface area contributed by atoms with E-state index in [-0.39, 0.29) is 0 Å². The predicted octanol–water partition coefficient (Wildman–Crippen LogP) is 0.308. The van der Waals surface area contributed by atoms with E-state index in [1.54, 1.807) is 25.7 Å². The molecule has 14 heavy (non-hydrogen) atoms. The molecule has 5 unspecified atom stereocenters. The Morgan fingerprint density at radius 1 is 1.21 bits per heavy atom. The van der Waals surface area contributed by atoms with Crippen LogP contribution in [0.2, 0.25) is 0 Å². The molecule has 0 N–H and O–H groups in total. The molecule has 82 valence electrons. The molecule has 1 saturated heterocycles. The molecule has 0 nitrogen and oxygen atoms in total. The molecule has 1 aliphatic heterocycles. The van der Waals surface area contributed by atoms with Crippen molar-refractivity contribution in [1.29, 1.82) is 0 Å². The maximum absolute atomic E-state index is 2.53. The Labute approximate surface area is 98.5 Å². The van der Waals surface area contributed by atoms with Crippen molar-refractivity contribution in [3.8, 4) is 0 Å². The van der Waals surface area contributed by atoms with Gasteiger partial charge in [-0.05, 0) is 0 Å². The summed E-state index contributed by atoms with van der Waals surface area (Å²) >= 11 is 0.550. The summed E-state index contributed by atoms with van der Waals surface area (Å²) in [6, 6.07) is 0. The van der Waals surface area contributed by atoms with Crippen LogP contribution in [0.1, 0.15) is 46.5 Å². The van der Waals surface area contributed by atoms with Gasteiger partial charge in [0.25, 0.3) is 0 Å². The Hall–Kier alpha value is 0.730. The molecule has 0 aromatic heterocycles. The van der Waals surface area contributed by atoms with Crippen LogP contribution in [0.5, 0.6) is 0 Å². The molecule has 2 saturated carbocycles. The van der Waals surface area contributed by atoms with Gasteiger partial charge in [0.1, 0.15) is 0 Å². The zero-order chi connectivity index (χ0) is 9.92. The SMILES string of the molecule is CC1CCC2C([I-]1)C1CC2C(C)(C)C1. The first-order valence-electron chi connectivity index (χ1n) is 6.20. The van der Waals surface area contributed by atoms with Crippen molar-refractivity contribution in [2.24, 2.45) is 23.2 Å². The third kappa shape index (κ3) is 1.30. The molecule has 3 rings (SSSR count). The van der Waals surface area contributed by atoms with Crippen LogP contribution in [0, 0.1) is 23.2 Å². The first-order chi connectivity index (χ1) is 6.58. The van der Waals surface area contributed by atoms with E-state index in [4.69, 9.17) is 0 Å². The van der Waals surface area contributed by atoms with Crippen LogP contribution in [0.4, 0.5) is 0 Å². The fourth-order valence-corrected chi connectivity index (χ4v) is 9.08. The van der Waals surface area contributed by atoms with Gasteiger partial charge in [0.15, 0.2) is 0 Å². The maximum atomic E-state index is 2.53. The van der Waals surface area contributed by atoms with Crippen molar-refractivity contribution in [2.45, 2.75) is 54.3 Å². The molecule has 5 atom stereocenters. The fraction of sp³-hybridized carbons (Fsp3) is 1.00. The molecular formula is C13H22I-. The van der Waals surface area contributed by atoms with Gasteiger partial charge >= 0.3 is 98.7 Å². The van der Waals surface area contributed by atoms with Gasteiger partial charge in [0.2, 0.25) is 0 Å². The zero-order valence-electron chi connectivity index (χ0n) is 9.59. The molecule has 0 spiro atoms. The molecule has 3 aliphatic rings. The van der Waals surface area contributed by atoms with Crippen molar-refractivity contribution in [3.63, 3.8) is 0 Å². The molecule has 2 bridgehead atoms. The molecule has 1 heteroatoms. The van der Waals surface area contributed by atoms with Gasteiger partial charge in [0.05, 0.1) is 0 Å². The molecule has 0 amide bonds. The van der Waals surface area contributed by atoms with E-state index in [0.717, 1.165) is 15.8 Å². The Morgan fingerprint density at radius 3 is 2.79 bits per heavy atom. The quantitative estimate of drug-likeness (QED) is 0.446. The van der Waals surface area contributed by atoms with Crippen LogP contribution in [0.3, 0.4) is 0 Å². The van der Waals surface area contributed by atoms with Crippen LogP contribution < -0.4 is 21.2 Å². The summed E-state index contributed by atoms with van der Waals surface area (Å²) in [5.74, 6) is 3.45. The second-order valence-electron chi connectivity index (χ2n) is 6.39. The van der Waals surface area contributed by atoms with Gasteiger partial charge in [-0.3, -0.25) is 0 Å². The summed E-state index contributed by atoms with van der Waals surface area (Å²) in [7, 11) is 0. The van der Waals surface area contributed by atoms with Crippen molar-refractivity contribution in [1.82, 2.24) is 0 Å². The zero-order valence-corrected chi connectivity index (χ0v) is 11.8. The average molecular weight is 305 g/mol. The van der Waals surface area contributed by atoms with E-state index in [1.807, 2.05) is 0 Å². The van der Waals surface area contributed by atoms with Gasteiger partial charge in [-0.15, -0.1) is 0 Å². The van der Waals surface area contributed by atoms with Crippen LogP contribution in [-0.2, 0) is 0 Å². The summed E-state index contributed by atoms with van der Waals surface area (Å²) in [5, 5.41) is 0. The third-order valence-electron chi connectivity index (χ3n) is 4.98. The van der Waals surface area contributed by atoms with Gasteiger partial charge < -0.3 is 0 Å². The minimum atomic E-state index is 0.550. The summed E-state index contributed by atoms with van der Waals surface area (Å²) < 4.78 is 2.38. The summed E-state index contributed by atoms with van der Waals surface area (Å²) in [5.41, 5.74) is 0.705. The molecule has 0 aromatic rings. The van der Waals surface area contributed by atoms with Crippen LogP contribution in [0.25, 0.3) is 0 Å². The molecule has 0 radical (unpaired) electrons. The Morgan fingerprint density at radius 2 is 2.00 bits per heavy atom. The van der Waals surface area contributed by atoms with Gasteiger partial charge in [0, 0.05) is 0 Å². The number of alkyl halides is 2. The number of rotatable bonds is 0. The molecule has 0 aromatic carbocycles. The van der Waals surface area contributed by atoms with E-state index in [1.165, 1.54) is 9.84 Å². The second-order valence-corrected chi connectivity index (χ2v) is 10.7. The van der Waals surface area contributed by atoms with E-state index in [0.29, 0.717) is 26.6 Å². The topological polar surface area (TPSA) is 0 Å². The van der Waals surface area contributed by atoms with Crippen molar-refractivity contribution < 1.29 is 21.2 Å². The fourth-order valence-electron chi connectivity index (χ4n) is 4.41. The van der Waals surface area contributed by atoms with E-state index in [9.17, 15) is 0 Å². The second kappa shape index (κ2) is 3.11. The minimum absolute atomic E-state index is 0.550. The van der Waals surface area contributed by atoms with Crippen molar-refractivity contribution >= 4 is 0 Å². The van der Waals surface area contributed by atoms with Crippen molar-refractivity contribution in [2.75, 3.05) is 0 Å². The molecule has 2 aliphatic carbocycles. The van der Waals surface area contributed by atoms with Gasteiger partial charge in [-0.25, -0.2) is 0 Å². The van der Waals surface area contributed by atoms with E-state index >= 15 is 0 Å². The van der Waals surface area contributed by atoms with E-state index < -0.39 is 0 Å². The summed E-state index contributed by atoms with van der Waals surface area (Å²) in [4.78, 5) is 0. The standard InChI is InChI=1S/C13H22I/c1-8-4-5-10-11-6-9(12(10)14-8)7-13(11,2)3/h8-12H,4-7H2,1-3H3/q-1. The van der Waals surface area contributed by atoms with Crippen LogP contribution in [0.15, 0.2) is 0 Å². The van der Waals surface area contributed by atoms with Gasteiger partial charge in [-0.2, -0.15) is 0 Å². The number of hydrogen-bond donors (Lipinski definition) is 0. The molecule has 3 fully saturated rings. The Kier molecular flexibility index (Phi) is 2.21. The van der Waals surface area contributed by atoms with Crippen LogP contribution in [-0.4, -0.2) is 7.85 Å². The molecular weight excluding hydrogens is 283 g/mol. The monoisotopic (exact) mass is 305 g/mol. The number of halogens is 1. The predicted molar refractivity (Wildman–Crippen MR) is 56.0 cm³/mol. The summed E-state index contributed by atoms with van der Waals surface area (Å²) in [6.45, 7) is 7.58. The van der Waals surface area contributed by atoms with Gasteiger partial charge in [-0.1, -0.05) is 0 Å². The third-order valence-corrected chi connectivity index (χ3v) is 9.60. The van der Waals surface area contributed by atoms with Crippen LogP contribution >= 0.6 is 0 Å². The first-order valence-corrected chi connectivity index (χ1v) is 8.69. The Bertz CT molecular complexity index is 246. The Balaban J connectivity index is 1.84. The average Bonchev–Trinajstić information content (AvgIpc) is 2.57.